The van der Waals surface area contributed by atoms with Crippen LogP contribution in [0.25, 0.3) is 9.88 Å². The van der Waals surface area contributed by atoms with Crippen molar-refractivity contribution in [3.8, 4) is 9.88 Å². The molecule has 0 aliphatic heterocycles. The fraction of sp³-hybridized carbons (Fsp3) is 0.273. The maximum atomic E-state index is 11.1. The Morgan fingerprint density at radius 2 is 2.25 bits per heavy atom. The topological polar surface area (TPSA) is 50.2 Å². The van der Waals surface area contributed by atoms with Crippen LogP contribution in [-0.4, -0.2) is 16.1 Å². The molecule has 1 aliphatic carbocycles. The number of hydrogen-bond donors (Lipinski definition) is 1. The van der Waals surface area contributed by atoms with E-state index < -0.39 is 11.4 Å². The lowest BCUT2D eigenvalue weighted by molar-refractivity contribution is -0.140. The third-order valence-corrected chi connectivity index (χ3v) is 4.77. The predicted molar refractivity (Wildman–Crippen MR) is 64.0 cm³/mol. The molecule has 2 aromatic heterocycles. The van der Waals surface area contributed by atoms with Gasteiger partial charge < -0.3 is 5.11 Å². The van der Waals surface area contributed by atoms with Gasteiger partial charge in [0, 0.05) is 5.38 Å². The molecule has 0 saturated heterocycles. The van der Waals surface area contributed by atoms with Crippen LogP contribution in [0.4, 0.5) is 0 Å². The Labute approximate surface area is 100 Å². The molecule has 0 unspecified atom stereocenters. The van der Waals surface area contributed by atoms with Crippen LogP contribution in [0.1, 0.15) is 18.5 Å². The van der Waals surface area contributed by atoms with E-state index in [0.717, 1.165) is 28.4 Å². The number of carbonyl (C=O) groups is 1. The van der Waals surface area contributed by atoms with E-state index in [4.69, 9.17) is 5.11 Å². The molecular formula is C11H9NO2S2. The van der Waals surface area contributed by atoms with Crippen molar-refractivity contribution < 1.29 is 9.90 Å². The third-order valence-electron chi connectivity index (χ3n) is 2.89. The number of thiophene rings is 1. The summed E-state index contributed by atoms with van der Waals surface area (Å²) >= 11 is 3.16. The molecule has 1 N–H and O–H groups in total. The van der Waals surface area contributed by atoms with E-state index in [9.17, 15) is 4.79 Å². The first-order valence-corrected chi connectivity index (χ1v) is 6.72. The first kappa shape index (κ1) is 9.99. The second kappa shape index (κ2) is 3.40. The van der Waals surface area contributed by atoms with Gasteiger partial charge in [0.1, 0.15) is 10.4 Å². The molecule has 0 amide bonds. The minimum absolute atomic E-state index is 0.675. The summed E-state index contributed by atoms with van der Waals surface area (Å²) in [7, 11) is 0. The average Bonchev–Trinajstić information content (AvgIpc) is 2.75. The Morgan fingerprint density at radius 3 is 2.81 bits per heavy atom. The van der Waals surface area contributed by atoms with Crippen LogP contribution in [0.2, 0.25) is 0 Å². The maximum Gasteiger partial charge on any atom is 0.315 e. The van der Waals surface area contributed by atoms with Gasteiger partial charge in [0.2, 0.25) is 0 Å². The lowest BCUT2D eigenvalue weighted by Crippen LogP contribution is -2.19. The van der Waals surface area contributed by atoms with Crippen molar-refractivity contribution in [3.63, 3.8) is 0 Å². The van der Waals surface area contributed by atoms with Crippen LogP contribution < -0.4 is 0 Å². The molecule has 1 saturated carbocycles. The van der Waals surface area contributed by atoms with E-state index in [1.54, 1.807) is 11.3 Å². The summed E-state index contributed by atoms with van der Waals surface area (Å²) < 4.78 is 0. The van der Waals surface area contributed by atoms with Gasteiger partial charge in [0.05, 0.1) is 10.6 Å². The molecule has 3 nitrogen and oxygen atoms in total. The summed E-state index contributed by atoms with van der Waals surface area (Å²) in [6.45, 7) is 0. The number of aromatic nitrogens is 1. The third kappa shape index (κ3) is 1.39. The molecule has 0 atom stereocenters. The van der Waals surface area contributed by atoms with E-state index in [1.807, 2.05) is 22.9 Å². The van der Waals surface area contributed by atoms with E-state index >= 15 is 0 Å². The van der Waals surface area contributed by atoms with Crippen molar-refractivity contribution in [2.45, 2.75) is 18.3 Å². The van der Waals surface area contributed by atoms with Crippen molar-refractivity contribution in [2.75, 3.05) is 0 Å². The first-order chi connectivity index (χ1) is 7.72. The molecule has 82 valence electrons. The zero-order valence-corrected chi connectivity index (χ0v) is 9.98. The molecule has 2 aromatic rings. The number of thiazole rings is 1. The van der Waals surface area contributed by atoms with Crippen LogP contribution in [0, 0.1) is 0 Å². The highest BCUT2D eigenvalue weighted by atomic mass is 32.1. The highest BCUT2D eigenvalue weighted by Gasteiger charge is 2.53. The van der Waals surface area contributed by atoms with Crippen LogP contribution in [0.5, 0.6) is 0 Å². The Morgan fingerprint density at radius 1 is 1.44 bits per heavy atom. The monoisotopic (exact) mass is 251 g/mol. The SMILES string of the molecule is O=C(O)C1(c2csc(-c3cccs3)n2)CC1. The second-order valence-electron chi connectivity index (χ2n) is 3.90. The summed E-state index contributed by atoms with van der Waals surface area (Å²) in [6.07, 6.45) is 1.44. The van der Waals surface area contributed by atoms with Crippen molar-refractivity contribution in [1.82, 2.24) is 4.98 Å². The summed E-state index contributed by atoms with van der Waals surface area (Å²) in [6, 6.07) is 3.98. The summed E-state index contributed by atoms with van der Waals surface area (Å²) in [5.41, 5.74) is 0.0554. The van der Waals surface area contributed by atoms with Crippen LogP contribution in [0.15, 0.2) is 22.9 Å². The van der Waals surface area contributed by atoms with E-state index in [1.165, 1.54) is 11.3 Å². The minimum Gasteiger partial charge on any atom is -0.481 e. The molecule has 1 aliphatic rings. The lowest BCUT2D eigenvalue weighted by atomic mass is 10.1. The standard InChI is InChI=1S/C11H9NO2S2/c13-10(14)11(3-4-11)8-6-16-9(12-8)7-2-1-5-15-7/h1-2,5-6H,3-4H2,(H,13,14). The lowest BCUT2D eigenvalue weighted by Gasteiger charge is -2.04. The summed E-state index contributed by atoms with van der Waals surface area (Å²) in [5.74, 6) is -0.740. The Hall–Kier alpha value is -1.20. The highest BCUT2D eigenvalue weighted by Crippen LogP contribution is 2.49. The molecule has 0 spiro atoms. The normalized spacial score (nSPS) is 17.2. The fourth-order valence-corrected chi connectivity index (χ4v) is 3.44. The van der Waals surface area contributed by atoms with Crippen molar-refractivity contribution >= 4 is 28.6 Å². The largest absolute Gasteiger partial charge is 0.481 e. The van der Waals surface area contributed by atoms with Gasteiger partial charge in [-0.15, -0.1) is 22.7 Å². The number of hydrogen-bond acceptors (Lipinski definition) is 4. The predicted octanol–water partition coefficient (Wildman–Crippen LogP) is 2.99. The van der Waals surface area contributed by atoms with Gasteiger partial charge in [-0.05, 0) is 24.3 Å². The van der Waals surface area contributed by atoms with Gasteiger partial charge in [-0.2, -0.15) is 0 Å². The molecule has 0 aromatic carbocycles. The van der Waals surface area contributed by atoms with Gasteiger partial charge in [-0.25, -0.2) is 4.98 Å². The van der Waals surface area contributed by atoms with Crippen LogP contribution in [0.3, 0.4) is 0 Å². The molecule has 2 heterocycles. The number of nitrogens with zero attached hydrogens (tertiary/aromatic N) is 1. The molecule has 5 heteroatoms. The number of carboxylic acid groups (broad SMARTS) is 1. The first-order valence-electron chi connectivity index (χ1n) is 4.96. The molecule has 0 radical (unpaired) electrons. The Bertz CT molecular complexity index is 526. The van der Waals surface area contributed by atoms with Crippen LogP contribution >= 0.6 is 22.7 Å². The molecule has 0 bridgehead atoms. The zero-order valence-electron chi connectivity index (χ0n) is 8.34. The van der Waals surface area contributed by atoms with Crippen molar-refractivity contribution in [3.05, 3.63) is 28.6 Å². The van der Waals surface area contributed by atoms with E-state index in [2.05, 4.69) is 4.98 Å². The fourth-order valence-electron chi connectivity index (χ4n) is 1.71. The van der Waals surface area contributed by atoms with E-state index in [-0.39, 0.29) is 0 Å². The van der Waals surface area contributed by atoms with Crippen LogP contribution in [-0.2, 0) is 10.2 Å². The molecular weight excluding hydrogens is 242 g/mol. The van der Waals surface area contributed by atoms with Gasteiger partial charge >= 0.3 is 5.97 Å². The number of aliphatic carboxylic acids is 1. The Balaban J connectivity index is 1.98. The van der Waals surface area contributed by atoms with E-state index in [0.29, 0.717) is 0 Å². The van der Waals surface area contributed by atoms with Crippen molar-refractivity contribution in [2.24, 2.45) is 0 Å². The molecule has 16 heavy (non-hydrogen) atoms. The number of rotatable bonds is 3. The average molecular weight is 251 g/mol. The van der Waals surface area contributed by atoms with Gasteiger partial charge in [-0.3, -0.25) is 4.79 Å². The highest BCUT2D eigenvalue weighted by molar-refractivity contribution is 7.20. The summed E-state index contributed by atoms with van der Waals surface area (Å²) in [5, 5.41) is 14.0. The summed E-state index contributed by atoms with van der Waals surface area (Å²) in [4.78, 5) is 16.7. The number of carboxylic acids is 1. The smallest absolute Gasteiger partial charge is 0.315 e. The van der Waals surface area contributed by atoms with Crippen molar-refractivity contribution in [1.29, 1.82) is 0 Å². The van der Waals surface area contributed by atoms with Gasteiger partial charge in [0.15, 0.2) is 0 Å². The van der Waals surface area contributed by atoms with Gasteiger partial charge in [-0.1, -0.05) is 6.07 Å². The Kier molecular flexibility index (Phi) is 2.12. The van der Waals surface area contributed by atoms with Gasteiger partial charge in [0.25, 0.3) is 0 Å². The molecule has 1 fully saturated rings. The second-order valence-corrected chi connectivity index (χ2v) is 5.71. The minimum atomic E-state index is -0.740. The maximum absolute atomic E-state index is 11.1. The molecule has 3 rings (SSSR count). The quantitative estimate of drug-likeness (QED) is 0.912. The zero-order chi connectivity index (χ0) is 11.2.